The zero-order valence-corrected chi connectivity index (χ0v) is 9.59. The lowest BCUT2D eigenvalue weighted by molar-refractivity contribution is 0.229. The molecule has 0 heterocycles. The monoisotopic (exact) mass is 249 g/mol. The van der Waals surface area contributed by atoms with Crippen LogP contribution in [0.5, 0.6) is 0 Å². The van der Waals surface area contributed by atoms with Crippen molar-refractivity contribution in [1.29, 1.82) is 0 Å². The van der Waals surface area contributed by atoms with E-state index in [4.69, 9.17) is 33.4 Å². The Bertz CT molecular complexity index is 320. The highest BCUT2D eigenvalue weighted by Gasteiger charge is 2.08. The smallest absolute Gasteiger partial charge is 0.0652 e. The SMILES string of the molecule is OCCC(CO)Nc1ccc(Cl)cc1Cl. The lowest BCUT2D eigenvalue weighted by Crippen LogP contribution is -2.25. The van der Waals surface area contributed by atoms with Gasteiger partial charge in [0.1, 0.15) is 0 Å². The van der Waals surface area contributed by atoms with Crippen LogP contribution in [0.15, 0.2) is 18.2 Å². The van der Waals surface area contributed by atoms with Gasteiger partial charge in [0.25, 0.3) is 0 Å². The Labute approximate surface area is 98.6 Å². The first kappa shape index (κ1) is 12.6. The van der Waals surface area contributed by atoms with E-state index in [1.165, 1.54) is 0 Å². The molecule has 1 aromatic rings. The van der Waals surface area contributed by atoms with E-state index in [0.29, 0.717) is 22.2 Å². The number of halogens is 2. The third-order valence-corrected chi connectivity index (χ3v) is 2.54. The van der Waals surface area contributed by atoms with E-state index >= 15 is 0 Å². The molecule has 0 aliphatic heterocycles. The maximum absolute atomic E-state index is 9.02. The van der Waals surface area contributed by atoms with Gasteiger partial charge in [0.05, 0.1) is 23.4 Å². The summed E-state index contributed by atoms with van der Waals surface area (Å²) in [4.78, 5) is 0. The summed E-state index contributed by atoms with van der Waals surface area (Å²) in [7, 11) is 0. The second-order valence-electron chi connectivity index (χ2n) is 3.16. The van der Waals surface area contributed by atoms with Crippen LogP contribution in [-0.2, 0) is 0 Å². The lowest BCUT2D eigenvalue weighted by Gasteiger charge is -2.17. The fraction of sp³-hybridized carbons (Fsp3) is 0.400. The number of benzene rings is 1. The van der Waals surface area contributed by atoms with Crippen molar-refractivity contribution in [2.24, 2.45) is 0 Å². The third kappa shape index (κ3) is 3.87. The van der Waals surface area contributed by atoms with Gasteiger partial charge in [0.15, 0.2) is 0 Å². The molecule has 0 bridgehead atoms. The Morgan fingerprint density at radius 1 is 1.27 bits per heavy atom. The maximum Gasteiger partial charge on any atom is 0.0652 e. The number of aliphatic hydroxyl groups excluding tert-OH is 2. The molecule has 5 heteroatoms. The van der Waals surface area contributed by atoms with Crippen LogP contribution < -0.4 is 5.32 Å². The van der Waals surface area contributed by atoms with Crippen LogP contribution >= 0.6 is 23.2 Å². The van der Waals surface area contributed by atoms with Gasteiger partial charge in [-0.15, -0.1) is 0 Å². The van der Waals surface area contributed by atoms with Crippen molar-refractivity contribution in [2.45, 2.75) is 12.5 Å². The van der Waals surface area contributed by atoms with Crippen LogP contribution in [0.2, 0.25) is 10.0 Å². The van der Waals surface area contributed by atoms with E-state index in [1.807, 2.05) is 0 Å². The summed E-state index contributed by atoms with van der Waals surface area (Å²) in [6.07, 6.45) is 0.468. The van der Waals surface area contributed by atoms with Gasteiger partial charge in [-0.1, -0.05) is 23.2 Å². The van der Waals surface area contributed by atoms with Gasteiger partial charge in [0.2, 0.25) is 0 Å². The summed E-state index contributed by atoms with van der Waals surface area (Å²) in [5, 5.41) is 21.9. The molecule has 1 atom stereocenters. The number of nitrogens with one attached hydrogen (secondary N) is 1. The summed E-state index contributed by atoms with van der Waals surface area (Å²) in [5.41, 5.74) is 0.702. The highest BCUT2D eigenvalue weighted by Crippen LogP contribution is 2.26. The minimum Gasteiger partial charge on any atom is -0.396 e. The molecule has 3 nitrogen and oxygen atoms in total. The molecule has 1 rings (SSSR count). The largest absolute Gasteiger partial charge is 0.396 e. The fourth-order valence-electron chi connectivity index (χ4n) is 1.19. The van der Waals surface area contributed by atoms with Gasteiger partial charge in [-0.2, -0.15) is 0 Å². The standard InChI is InChI=1S/C10H13Cl2NO2/c11-7-1-2-10(9(12)5-7)13-8(6-15)3-4-14/h1-2,5,8,13-15H,3-4,6H2. The predicted octanol–water partition coefficient (Wildman–Crippen LogP) is 2.15. The van der Waals surface area contributed by atoms with Gasteiger partial charge < -0.3 is 15.5 Å². The molecule has 3 N–H and O–H groups in total. The number of rotatable bonds is 5. The average molecular weight is 250 g/mol. The molecule has 84 valence electrons. The Hall–Kier alpha value is -0.480. The lowest BCUT2D eigenvalue weighted by atomic mass is 10.2. The molecule has 0 amide bonds. The van der Waals surface area contributed by atoms with Gasteiger partial charge in [-0.25, -0.2) is 0 Å². The molecule has 0 saturated heterocycles. The highest BCUT2D eigenvalue weighted by atomic mass is 35.5. The molecule has 0 spiro atoms. The van der Waals surface area contributed by atoms with Crippen molar-refractivity contribution < 1.29 is 10.2 Å². The Morgan fingerprint density at radius 3 is 2.53 bits per heavy atom. The van der Waals surface area contributed by atoms with E-state index in [9.17, 15) is 0 Å². The Morgan fingerprint density at radius 2 is 2.00 bits per heavy atom. The van der Waals surface area contributed by atoms with Crippen molar-refractivity contribution in [3.63, 3.8) is 0 Å². The third-order valence-electron chi connectivity index (χ3n) is 1.99. The zero-order valence-electron chi connectivity index (χ0n) is 8.08. The van der Waals surface area contributed by atoms with Crippen LogP contribution in [0.25, 0.3) is 0 Å². The molecular weight excluding hydrogens is 237 g/mol. The first-order chi connectivity index (χ1) is 7.17. The van der Waals surface area contributed by atoms with E-state index in [0.717, 1.165) is 0 Å². The van der Waals surface area contributed by atoms with E-state index in [1.54, 1.807) is 18.2 Å². The quantitative estimate of drug-likeness (QED) is 0.750. The summed E-state index contributed by atoms with van der Waals surface area (Å²) in [6, 6.07) is 4.88. The van der Waals surface area contributed by atoms with Crippen LogP contribution in [0.3, 0.4) is 0 Å². The number of hydrogen-bond donors (Lipinski definition) is 3. The van der Waals surface area contributed by atoms with E-state index < -0.39 is 0 Å². The fourth-order valence-corrected chi connectivity index (χ4v) is 1.65. The molecule has 15 heavy (non-hydrogen) atoms. The van der Waals surface area contributed by atoms with E-state index in [-0.39, 0.29) is 19.3 Å². The summed E-state index contributed by atoms with van der Waals surface area (Å²) in [6.45, 7) is -0.0387. The normalized spacial score (nSPS) is 12.5. The number of hydrogen-bond acceptors (Lipinski definition) is 3. The van der Waals surface area contributed by atoms with Crippen molar-refractivity contribution in [3.8, 4) is 0 Å². The van der Waals surface area contributed by atoms with Crippen molar-refractivity contribution in [1.82, 2.24) is 0 Å². The van der Waals surface area contributed by atoms with Crippen molar-refractivity contribution >= 4 is 28.9 Å². The first-order valence-corrected chi connectivity index (χ1v) is 5.36. The van der Waals surface area contributed by atoms with Crippen molar-refractivity contribution in [3.05, 3.63) is 28.2 Å². The molecule has 0 radical (unpaired) electrons. The van der Waals surface area contributed by atoms with Gasteiger partial charge >= 0.3 is 0 Å². The second kappa shape index (κ2) is 6.18. The topological polar surface area (TPSA) is 52.5 Å². The van der Waals surface area contributed by atoms with Gasteiger partial charge in [0, 0.05) is 11.6 Å². The molecule has 0 saturated carbocycles. The minimum atomic E-state index is -0.200. The predicted molar refractivity (Wildman–Crippen MR) is 62.7 cm³/mol. The Kier molecular flexibility index (Phi) is 5.19. The second-order valence-corrected chi connectivity index (χ2v) is 4.00. The molecule has 1 aromatic carbocycles. The highest BCUT2D eigenvalue weighted by molar-refractivity contribution is 6.36. The van der Waals surface area contributed by atoms with E-state index in [2.05, 4.69) is 5.32 Å². The molecule has 0 aliphatic rings. The van der Waals surface area contributed by atoms with Crippen LogP contribution in [0, 0.1) is 0 Å². The maximum atomic E-state index is 9.02. The number of anilines is 1. The number of aliphatic hydroxyl groups is 2. The van der Waals surface area contributed by atoms with Crippen molar-refractivity contribution in [2.75, 3.05) is 18.5 Å². The van der Waals surface area contributed by atoms with Crippen LogP contribution in [0.1, 0.15) is 6.42 Å². The molecule has 0 aliphatic carbocycles. The van der Waals surface area contributed by atoms with Crippen LogP contribution in [-0.4, -0.2) is 29.5 Å². The van der Waals surface area contributed by atoms with Crippen LogP contribution in [0.4, 0.5) is 5.69 Å². The summed E-state index contributed by atoms with van der Waals surface area (Å²) < 4.78 is 0. The zero-order chi connectivity index (χ0) is 11.3. The minimum absolute atomic E-state index is 0.0173. The summed E-state index contributed by atoms with van der Waals surface area (Å²) >= 11 is 11.7. The molecule has 0 fully saturated rings. The average Bonchev–Trinajstić information content (AvgIpc) is 2.21. The molecule has 0 aromatic heterocycles. The first-order valence-electron chi connectivity index (χ1n) is 4.60. The van der Waals surface area contributed by atoms with Gasteiger partial charge in [-0.3, -0.25) is 0 Å². The van der Waals surface area contributed by atoms with Gasteiger partial charge in [-0.05, 0) is 24.6 Å². The molecule has 1 unspecified atom stereocenters. The Balaban J connectivity index is 2.70. The summed E-state index contributed by atoms with van der Waals surface area (Å²) in [5.74, 6) is 0. The molecular formula is C10H13Cl2NO2.